The normalized spacial score (nSPS) is 24.8. The van der Waals surface area contributed by atoms with Crippen LogP contribution in [0.4, 0.5) is 0 Å². The molecule has 0 aliphatic carbocycles. The summed E-state index contributed by atoms with van der Waals surface area (Å²) in [5, 5.41) is 0. The van der Waals surface area contributed by atoms with E-state index in [4.69, 9.17) is 9.47 Å². The van der Waals surface area contributed by atoms with E-state index in [1.54, 1.807) is 4.90 Å². The summed E-state index contributed by atoms with van der Waals surface area (Å²) in [5.74, 6) is -3.16. The van der Waals surface area contributed by atoms with Gasteiger partial charge in [-0.05, 0) is 0 Å². The Hall–Kier alpha value is -1.63. The van der Waals surface area contributed by atoms with Crippen LogP contribution in [0.3, 0.4) is 0 Å². The number of hydrogen-bond acceptors (Lipinski definition) is 6. The molecule has 0 aromatic carbocycles. The van der Waals surface area contributed by atoms with E-state index in [1.807, 2.05) is 4.90 Å². The number of amides is 1. The summed E-state index contributed by atoms with van der Waals surface area (Å²) in [4.78, 5) is 37.8. The number of ether oxygens (including phenoxy) is 2. The molecule has 2 heterocycles. The standard InChI is InChI=1S/C12H18N2O5/c1-12(2)18-10(16)9(11(17)19-12)7-13-3-5-14(8-15)6-4-13/h8-9H,3-7H2,1-2H3. The van der Waals surface area contributed by atoms with Crippen LogP contribution in [-0.2, 0) is 23.9 Å². The highest BCUT2D eigenvalue weighted by molar-refractivity contribution is 5.96. The molecule has 0 atom stereocenters. The molecule has 0 radical (unpaired) electrons. The highest BCUT2D eigenvalue weighted by Crippen LogP contribution is 2.23. The molecule has 2 aliphatic heterocycles. The summed E-state index contributed by atoms with van der Waals surface area (Å²) in [7, 11) is 0. The molecule has 0 unspecified atom stereocenters. The predicted octanol–water partition coefficient (Wildman–Crippen LogP) is -0.787. The second kappa shape index (κ2) is 5.16. The van der Waals surface area contributed by atoms with Gasteiger partial charge in [0.05, 0.1) is 0 Å². The molecule has 7 heteroatoms. The molecule has 2 fully saturated rings. The second-order valence-electron chi connectivity index (χ2n) is 5.24. The van der Waals surface area contributed by atoms with E-state index in [0.717, 1.165) is 6.41 Å². The lowest BCUT2D eigenvalue weighted by atomic mass is 10.1. The van der Waals surface area contributed by atoms with Gasteiger partial charge in [0, 0.05) is 46.6 Å². The topological polar surface area (TPSA) is 76.2 Å². The minimum absolute atomic E-state index is 0.278. The fourth-order valence-electron chi connectivity index (χ4n) is 2.20. The van der Waals surface area contributed by atoms with Crippen LogP contribution >= 0.6 is 0 Å². The van der Waals surface area contributed by atoms with Crippen molar-refractivity contribution in [1.82, 2.24) is 9.80 Å². The van der Waals surface area contributed by atoms with Gasteiger partial charge in [-0.1, -0.05) is 0 Å². The van der Waals surface area contributed by atoms with Crippen molar-refractivity contribution in [2.75, 3.05) is 32.7 Å². The summed E-state index contributed by atoms with van der Waals surface area (Å²) >= 11 is 0. The number of piperazine rings is 1. The lowest BCUT2D eigenvalue weighted by molar-refractivity contribution is -0.240. The maximum absolute atomic E-state index is 11.8. The highest BCUT2D eigenvalue weighted by atomic mass is 16.7. The predicted molar refractivity (Wildman–Crippen MR) is 63.8 cm³/mol. The van der Waals surface area contributed by atoms with E-state index < -0.39 is 23.6 Å². The zero-order valence-corrected chi connectivity index (χ0v) is 11.1. The number of hydrogen-bond donors (Lipinski definition) is 0. The Labute approximate surface area is 111 Å². The van der Waals surface area contributed by atoms with Crippen LogP contribution in [0.15, 0.2) is 0 Å². The first-order valence-corrected chi connectivity index (χ1v) is 6.29. The zero-order valence-electron chi connectivity index (χ0n) is 11.1. The van der Waals surface area contributed by atoms with Crippen molar-refractivity contribution in [2.24, 2.45) is 5.92 Å². The average Bonchev–Trinajstić information content (AvgIpc) is 2.33. The molecule has 0 aromatic rings. The SMILES string of the molecule is CC1(C)OC(=O)C(CN2CCN(C=O)CC2)C(=O)O1. The molecule has 19 heavy (non-hydrogen) atoms. The highest BCUT2D eigenvalue weighted by Gasteiger charge is 2.43. The monoisotopic (exact) mass is 270 g/mol. The van der Waals surface area contributed by atoms with Gasteiger partial charge in [-0.25, -0.2) is 0 Å². The number of carbonyl (C=O) groups is 3. The minimum Gasteiger partial charge on any atom is -0.422 e. The van der Waals surface area contributed by atoms with Gasteiger partial charge in [0.1, 0.15) is 0 Å². The molecule has 106 valence electrons. The van der Waals surface area contributed by atoms with Gasteiger partial charge >= 0.3 is 11.9 Å². The first-order chi connectivity index (χ1) is 8.91. The number of nitrogens with zero attached hydrogens (tertiary/aromatic N) is 2. The van der Waals surface area contributed by atoms with Gasteiger partial charge in [-0.2, -0.15) is 0 Å². The van der Waals surface area contributed by atoms with E-state index in [1.165, 1.54) is 13.8 Å². The molecule has 0 spiro atoms. The lowest BCUT2D eigenvalue weighted by Crippen LogP contribution is -2.53. The van der Waals surface area contributed by atoms with Crippen molar-refractivity contribution in [3.63, 3.8) is 0 Å². The Balaban J connectivity index is 1.91. The quantitative estimate of drug-likeness (QED) is 0.380. The van der Waals surface area contributed by atoms with Crippen LogP contribution < -0.4 is 0 Å². The fourth-order valence-corrected chi connectivity index (χ4v) is 2.20. The molecule has 1 amide bonds. The fraction of sp³-hybridized carbons (Fsp3) is 0.750. The van der Waals surface area contributed by atoms with Crippen LogP contribution in [-0.4, -0.2) is 66.7 Å². The van der Waals surface area contributed by atoms with E-state index in [-0.39, 0.29) is 6.54 Å². The van der Waals surface area contributed by atoms with E-state index in [9.17, 15) is 14.4 Å². The second-order valence-corrected chi connectivity index (χ2v) is 5.24. The van der Waals surface area contributed by atoms with Crippen LogP contribution in [0.1, 0.15) is 13.8 Å². The van der Waals surface area contributed by atoms with Gasteiger partial charge in [0.25, 0.3) is 5.79 Å². The molecule has 2 saturated heterocycles. The molecule has 7 nitrogen and oxygen atoms in total. The van der Waals surface area contributed by atoms with E-state index in [0.29, 0.717) is 26.2 Å². The Bertz CT molecular complexity index is 368. The third kappa shape index (κ3) is 3.23. The van der Waals surface area contributed by atoms with Gasteiger partial charge in [-0.3, -0.25) is 19.3 Å². The summed E-state index contributed by atoms with van der Waals surface area (Å²) < 4.78 is 10.1. The molecule has 0 saturated carbocycles. The third-order valence-electron chi connectivity index (χ3n) is 3.26. The number of carbonyl (C=O) groups excluding carboxylic acids is 3. The van der Waals surface area contributed by atoms with Crippen molar-refractivity contribution in [2.45, 2.75) is 19.6 Å². The van der Waals surface area contributed by atoms with Crippen LogP contribution in [0, 0.1) is 5.92 Å². The first-order valence-electron chi connectivity index (χ1n) is 6.29. The molecule has 0 aromatic heterocycles. The van der Waals surface area contributed by atoms with Crippen LogP contribution in [0.25, 0.3) is 0 Å². The summed E-state index contributed by atoms with van der Waals surface area (Å²) in [6.45, 7) is 5.82. The first kappa shape index (κ1) is 13.8. The van der Waals surface area contributed by atoms with Gasteiger partial charge in [0.15, 0.2) is 5.92 Å². The number of cyclic esters (lactones) is 2. The minimum atomic E-state index is -1.18. The molecule has 2 aliphatic rings. The Kier molecular flexibility index (Phi) is 3.75. The van der Waals surface area contributed by atoms with Crippen molar-refractivity contribution in [3.05, 3.63) is 0 Å². The molecule has 2 rings (SSSR count). The van der Waals surface area contributed by atoms with E-state index in [2.05, 4.69) is 0 Å². The largest absolute Gasteiger partial charge is 0.422 e. The van der Waals surface area contributed by atoms with Crippen molar-refractivity contribution >= 4 is 18.3 Å². The number of rotatable bonds is 3. The van der Waals surface area contributed by atoms with Crippen LogP contribution in [0.5, 0.6) is 0 Å². The zero-order chi connectivity index (χ0) is 14.0. The average molecular weight is 270 g/mol. The van der Waals surface area contributed by atoms with Gasteiger partial charge in [0.2, 0.25) is 6.41 Å². The molecular weight excluding hydrogens is 252 g/mol. The maximum Gasteiger partial charge on any atom is 0.324 e. The molecule has 0 N–H and O–H groups in total. The summed E-state index contributed by atoms with van der Waals surface area (Å²) in [6, 6.07) is 0. The van der Waals surface area contributed by atoms with Crippen molar-refractivity contribution in [3.8, 4) is 0 Å². The van der Waals surface area contributed by atoms with Gasteiger partial charge in [-0.15, -0.1) is 0 Å². The molecular formula is C12H18N2O5. The Morgan fingerprint density at radius 3 is 2.16 bits per heavy atom. The summed E-state index contributed by atoms with van der Waals surface area (Å²) in [6.07, 6.45) is 0.809. The van der Waals surface area contributed by atoms with Crippen molar-refractivity contribution in [1.29, 1.82) is 0 Å². The van der Waals surface area contributed by atoms with E-state index >= 15 is 0 Å². The smallest absolute Gasteiger partial charge is 0.324 e. The number of esters is 2. The van der Waals surface area contributed by atoms with Crippen LogP contribution in [0.2, 0.25) is 0 Å². The van der Waals surface area contributed by atoms with Crippen molar-refractivity contribution < 1.29 is 23.9 Å². The van der Waals surface area contributed by atoms with Gasteiger partial charge < -0.3 is 14.4 Å². The summed E-state index contributed by atoms with van der Waals surface area (Å²) in [5.41, 5.74) is 0. The Morgan fingerprint density at radius 1 is 1.16 bits per heavy atom. The molecule has 0 bridgehead atoms. The lowest BCUT2D eigenvalue weighted by Gasteiger charge is -2.37. The third-order valence-corrected chi connectivity index (χ3v) is 3.26. The maximum atomic E-state index is 11.8. The Morgan fingerprint density at radius 2 is 1.68 bits per heavy atom.